The SMILES string of the molecule is COc1ccc(/C(O)=C2/C(=O)C(=O)N(c3cc(F)ccc3F)C2c2cccc(O)c2)c(C)c1. The van der Waals surface area contributed by atoms with Gasteiger partial charge in [0.1, 0.15) is 28.9 Å². The fourth-order valence-electron chi connectivity index (χ4n) is 3.94. The van der Waals surface area contributed by atoms with Gasteiger partial charge in [-0.15, -0.1) is 0 Å². The van der Waals surface area contributed by atoms with Crippen LogP contribution in [0, 0.1) is 18.6 Å². The van der Waals surface area contributed by atoms with Gasteiger partial charge in [-0.3, -0.25) is 14.5 Å². The molecule has 8 heteroatoms. The zero-order valence-electron chi connectivity index (χ0n) is 17.7. The van der Waals surface area contributed by atoms with Gasteiger partial charge in [0.2, 0.25) is 0 Å². The highest BCUT2D eigenvalue weighted by Crippen LogP contribution is 2.44. The molecule has 0 aromatic heterocycles. The lowest BCUT2D eigenvalue weighted by Crippen LogP contribution is -2.30. The maximum absolute atomic E-state index is 14.7. The van der Waals surface area contributed by atoms with E-state index in [4.69, 9.17) is 4.74 Å². The van der Waals surface area contributed by atoms with Gasteiger partial charge in [0.05, 0.1) is 24.4 Å². The number of aliphatic hydroxyl groups is 1. The molecule has 0 bridgehead atoms. The highest BCUT2D eigenvalue weighted by atomic mass is 19.1. The van der Waals surface area contributed by atoms with Gasteiger partial charge >= 0.3 is 0 Å². The van der Waals surface area contributed by atoms with Gasteiger partial charge in [0.25, 0.3) is 11.7 Å². The summed E-state index contributed by atoms with van der Waals surface area (Å²) in [5, 5.41) is 21.1. The number of hydrogen-bond donors (Lipinski definition) is 2. The lowest BCUT2D eigenvalue weighted by molar-refractivity contribution is -0.132. The summed E-state index contributed by atoms with van der Waals surface area (Å²) in [6, 6.07) is 11.6. The zero-order valence-corrected chi connectivity index (χ0v) is 17.7. The van der Waals surface area contributed by atoms with Crippen molar-refractivity contribution in [3.63, 3.8) is 0 Å². The van der Waals surface area contributed by atoms with Gasteiger partial charge in [0.15, 0.2) is 0 Å². The standard InChI is InChI=1S/C25H19F2NO5/c1-13-10-17(33-2)7-8-18(13)23(30)21-22(14-4-3-5-16(29)11-14)28(25(32)24(21)31)20-12-15(26)6-9-19(20)27/h3-12,22,29-30H,1-2H3/b23-21-. The third-order valence-corrected chi connectivity index (χ3v) is 5.49. The summed E-state index contributed by atoms with van der Waals surface area (Å²) >= 11 is 0. The number of phenolic OH excluding ortho intramolecular Hbond substituents is 1. The van der Waals surface area contributed by atoms with Crippen LogP contribution in [0.1, 0.15) is 22.7 Å². The van der Waals surface area contributed by atoms with Crippen molar-refractivity contribution in [1.29, 1.82) is 0 Å². The fourth-order valence-corrected chi connectivity index (χ4v) is 3.94. The van der Waals surface area contributed by atoms with Crippen LogP contribution in [0.15, 0.2) is 66.2 Å². The Kier molecular flexibility index (Phi) is 5.59. The van der Waals surface area contributed by atoms with E-state index in [0.717, 1.165) is 23.1 Å². The van der Waals surface area contributed by atoms with Crippen LogP contribution in [0.2, 0.25) is 0 Å². The number of ether oxygens (including phenoxy) is 1. The van der Waals surface area contributed by atoms with Gasteiger partial charge in [0, 0.05) is 11.6 Å². The van der Waals surface area contributed by atoms with E-state index in [-0.39, 0.29) is 22.4 Å². The van der Waals surface area contributed by atoms with Gasteiger partial charge < -0.3 is 14.9 Å². The van der Waals surface area contributed by atoms with Crippen molar-refractivity contribution in [1.82, 2.24) is 0 Å². The monoisotopic (exact) mass is 451 g/mol. The molecule has 1 aliphatic rings. The Labute approximate surface area is 188 Å². The normalized spacial score (nSPS) is 17.5. The van der Waals surface area contributed by atoms with Gasteiger partial charge in [-0.1, -0.05) is 12.1 Å². The first-order valence-corrected chi connectivity index (χ1v) is 9.93. The molecule has 1 amide bonds. The molecule has 1 unspecified atom stereocenters. The number of nitrogens with zero attached hydrogens (tertiary/aromatic N) is 1. The minimum Gasteiger partial charge on any atom is -0.508 e. The number of halogens is 2. The number of aliphatic hydroxyl groups excluding tert-OH is 1. The van der Waals surface area contributed by atoms with E-state index in [2.05, 4.69) is 0 Å². The lowest BCUT2D eigenvalue weighted by Gasteiger charge is -2.26. The van der Waals surface area contributed by atoms with Crippen LogP contribution in [-0.2, 0) is 9.59 Å². The third kappa shape index (κ3) is 3.80. The van der Waals surface area contributed by atoms with Crippen LogP contribution in [0.3, 0.4) is 0 Å². The molecule has 2 N–H and O–H groups in total. The lowest BCUT2D eigenvalue weighted by atomic mass is 9.93. The second-order valence-corrected chi connectivity index (χ2v) is 7.54. The third-order valence-electron chi connectivity index (χ3n) is 5.49. The molecule has 1 fully saturated rings. The quantitative estimate of drug-likeness (QED) is 0.344. The second-order valence-electron chi connectivity index (χ2n) is 7.54. The number of hydrogen-bond acceptors (Lipinski definition) is 5. The molecule has 1 saturated heterocycles. The Balaban J connectivity index is 1.99. The first-order chi connectivity index (χ1) is 15.7. The van der Waals surface area contributed by atoms with E-state index in [0.29, 0.717) is 11.3 Å². The molecule has 6 nitrogen and oxygen atoms in total. The molecule has 33 heavy (non-hydrogen) atoms. The Morgan fingerprint density at radius 3 is 2.45 bits per heavy atom. The number of benzene rings is 3. The Hall–Kier alpha value is -4.20. The van der Waals surface area contributed by atoms with Crippen molar-refractivity contribution in [2.75, 3.05) is 12.0 Å². The molecule has 0 spiro atoms. The van der Waals surface area contributed by atoms with Gasteiger partial charge in [-0.25, -0.2) is 8.78 Å². The first-order valence-electron chi connectivity index (χ1n) is 9.93. The minimum atomic E-state index is -1.31. The maximum Gasteiger partial charge on any atom is 0.300 e. The molecule has 1 aliphatic heterocycles. The van der Waals surface area contributed by atoms with Crippen LogP contribution in [0.25, 0.3) is 5.76 Å². The van der Waals surface area contributed by atoms with Crippen LogP contribution < -0.4 is 9.64 Å². The van der Waals surface area contributed by atoms with Crippen LogP contribution in [0.4, 0.5) is 14.5 Å². The smallest absolute Gasteiger partial charge is 0.300 e. The molecule has 4 rings (SSSR count). The molecule has 1 heterocycles. The number of carbonyl (C=O) groups is 2. The molecule has 3 aromatic carbocycles. The van der Waals surface area contributed by atoms with Crippen molar-refractivity contribution in [3.8, 4) is 11.5 Å². The summed E-state index contributed by atoms with van der Waals surface area (Å²) in [5.41, 5.74) is 0.271. The Morgan fingerprint density at radius 2 is 1.79 bits per heavy atom. The van der Waals surface area contributed by atoms with E-state index < -0.39 is 40.8 Å². The van der Waals surface area contributed by atoms with E-state index in [1.54, 1.807) is 19.1 Å². The summed E-state index contributed by atoms with van der Waals surface area (Å²) < 4.78 is 33.8. The van der Waals surface area contributed by atoms with Crippen molar-refractivity contribution in [2.45, 2.75) is 13.0 Å². The average Bonchev–Trinajstić information content (AvgIpc) is 3.05. The van der Waals surface area contributed by atoms with Crippen LogP contribution in [0.5, 0.6) is 11.5 Å². The summed E-state index contributed by atoms with van der Waals surface area (Å²) in [4.78, 5) is 26.9. The number of anilines is 1. The summed E-state index contributed by atoms with van der Waals surface area (Å²) in [6.45, 7) is 1.68. The van der Waals surface area contributed by atoms with Gasteiger partial charge in [-0.2, -0.15) is 0 Å². The number of rotatable bonds is 4. The van der Waals surface area contributed by atoms with Gasteiger partial charge in [-0.05, 0) is 60.5 Å². The number of methoxy groups -OCH3 is 1. The molecule has 0 saturated carbocycles. The minimum absolute atomic E-state index is 0.168. The zero-order chi connectivity index (χ0) is 23.9. The van der Waals surface area contributed by atoms with E-state index >= 15 is 0 Å². The number of ketones is 1. The van der Waals surface area contributed by atoms with E-state index in [1.807, 2.05) is 0 Å². The van der Waals surface area contributed by atoms with E-state index in [9.17, 15) is 28.6 Å². The van der Waals surface area contributed by atoms with Crippen LogP contribution >= 0.6 is 0 Å². The van der Waals surface area contributed by atoms with Crippen molar-refractivity contribution in [2.24, 2.45) is 0 Å². The number of Topliss-reactive ketones (excluding diaryl/α,β-unsaturated/α-hetero) is 1. The predicted octanol–water partition coefficient (Wildman–Crippen LogP) is 4.61. The molecular weight excluding hydrogens is 432 g/mol. The highest BCUT2D eigenvalue weighted by molar-refractivity contribution is 6.51. The fraction of sp³-hybridized carbons (Fsp3) is 0.120. The molecular formula is C25H19F2NO5. The van der Waals surface area contributed by atoms with Crippen LogP contribution in [-0.4, -0.2) is 29.0 Å². The maximum atomic E-state index is 14.7. The average molecular weight is 451 g/mol. The summed E-state index contributed by atoms with van der Waals surface area (Å²) in [7, 11) is 1.48. The summed E-state index contributed by atoms with van der Waals surface area (Å²) in [6.07, 6.45) is 0. The van der Waals surface area contributed by atoms with Crippen molar-refractivity contribution < 1.29 is 33.3 Å². The molecule has 168 valence electrons. The van der Waals surface area contributed by atoms with Crippen molar-refractivity contribution >= 4 is 23.1 Å². The topological polar surface area (TPSA) is 87.1 Å². The number of carbonyl (C=O) groups excluding carboxylic acids is 2. The summed E-state index contributed by atoms with van der Waals surface area (Å²) in [5.74, 6) is -4.08. The molecule has 0 radical (unpaired) electrons. The molecule has 0 aliphatic carbocycles. The van der Waals surface area contributed by atoms with E-state index in [1.165, 1.54) is 37.4 Å². The predicted molar refractivity (Wildman–Crippen MR) is 117 cm³/mol. The number of amides is 1. The number of aryl methyl sites for hydroxylation is 1. The largest absolute Gasteiger partial charge is 0.508 e. The first kappa shape index (κ1) is 22.0. The Bertz CT molecular complexity index is 1320. The second kappa shape index (κ2) is 8.38. The number of phenols is 1. The number of aromatic hydroxyl groups is 1. The van der Waals surface area contributed by atoms with Crippen molar-refractivity contribution in [3.05, 3.63) is 94.6 Å². The molecule has 3 aromatic rings. The molecule has 1 atom stereocenters. The Morgan fingerprint density at radius 1 is 1.03 bits per heavy atom. The highest BCUT2D eigenvalue weighted by Gasteiger charge is 2.48.